The summed E-state index contributed by atoms with van der Waals surface area (Å²) in [5.74, 6) is 1.49. The van der Waals surface area contributed by atoms with Gasteiger partial charge < -0.3 is 19.2 Å². The van der Waals surface area contributed by atoms with Crippen LogP contribution in [0.5, 0.6) is 0 Å². The molecule has 0 unspecified atom stereocenters. The molecule has 1 aliphatic rings. The third-order valence-corrected chi connectivity index (χ3v) is 5.72. The number of nitrogens with one attached hydrogen (secondary N) is 1. The molecular formula is C23H33N3O4. The van der Waals surface area contributed by atoms with Crippen molar-refractivity contribution in [2.75, 3.05) is 33.9 Å². The molecule has 1 N–H and O–H groups in total. The molecule has 164 valence electrons. The Morgan fingerprint density at radius 2 is 2.03 bits per heavy atom. The van der Waals surface area contributed by atoms with E-state index in [-0.39, 0.29) is 11.8 Å². The van der Waals surface area contributed by atoms with Crippen molar-refractivity contribution in [3.63, 3.8) is 0 Å². The third kappa shape index (κ3) is 5.68. The van der Waals surface area contributed by atoms with Crippen LogP contribution in [0.25, 0.3) is 11.5 Å². The average Bonchev–Trinajstić information content (AvgIpc) is 3.14. The molecule has 30 heavy (non-hydrogen) atoms. The van der Waals surface area contributed by atoms with Gasteiger partial charge in [-0.1, -0.05) is 19.1 Å². The van der Waals surface area contributed by atoms with Crippen LogP contribution in [-0.4, -0.2) is 55.9 Å². The molecule has 1 saturated heterocycles. The van der Waals surface area contributed by atoms with Crippen LogP contribution in [0.2, 0.25) is 0 Å². The highest BCUT2D eigenvalue weighted by Crippen LogP contribution is 2.25. The van der Waals surface area contributed by atoms with Gasteiger partial charge in [0.05, 0.1) is 18.2 Å². The number of carbonyl (C=O) groups excluding carboxylic acids is 1. The Morgan fingerprint density at radius 1 is 1.30 bits per heavy atom. The number of aryl methyl sites for hydroxylation is 2. The molecule has 0 aliphatic carbocycles. The number of carbonyl (C=O) groups is 1. The lowest BCUT2D eigenvalue weighted by atomic mass is 9.97. The van der Waals surface area contributed by atoms with Crippen LogP contribution < -0.4 is 5.32 Å². The summed E-state index contributed by atoms with van der Waals surface area (Å²) in [6, 6.07) is 8.34. The maximum absolute atomic E-state index is 12.6. The minimum Gasteiger partial charge on any atom is -0.441 e. The SMILES string of the molecule is CCc1ccc(-c2nc(CN3CCC[C@H](C(=O)NCC(OC)OC)C3)c(C)o2)cc1. The largest absolute Gasteiger partial charge is 0.441 e. The number of piperidine rings is 1. The number of hydrogen-bond acceptors (Lipinski definition) is 6. The zero-order valence-corrected chi connectivity index (χ0v) is 18.4. The number of nitrogens with zero attached hydrogens (tertiary/aromatic N) is 2. The zero-order valence-electron chi connectivity index (χ0n) is 18.4. The van der Waals surface area contributed by atoms with Gasteiger partial charge in [0.2, 0.25) is 11.8 Å². The van der Waals surface area contributed by atoms with E-state index in [2.05, 4.69) is 41.4 Å². The Hall–Kier alpha value is -2.22. The number of benzene rings is 1. The Balaban J connectivity index is 1.59. The summed E-state index contributed by atoms with van der Waals surface area (Å²) >= 11 is 0. The molecule has 7 nitrogen and oxygen atoms in total. The lowest BCUT2D eigenvalue weighted by Gasteiger charge is -2.31. The van der Waals surface area contributed by atoms with Crippen molar-refractivity contribution in [2.45, 2.75) is 45.9 Å². The summed E-state index contributed by atoms with van der Waals surface area (Å²) in [5.41, 5.74) is 3.22. The number of amides is 1. The van der Waals surface area contributed by atoms with Crippen molar-refractivity contribution in [3.8, 4) is 11.5 Å². The maximum Gasteiger partial charge on any atom is 0.226 e. The molecule has 0 radical (unpaired) electrons. The zero-order chi connectivity index (χ0) is 21.5. The standard InChI is InChI=1S/C23H33N3O4/c1-5-17-8-10-18(11-9-17)23-25-20(16(2)30-23)15-26-12-6-7-19(14-26)22(27)24-13-21(28-3)29-4/h8-11,19,21H,5-7,12-15H2,1-4H3,(H,24,27)/t19-/m0/s1. The molecular weight excluding hydrogens is 382 g/mol. The fourth-order valence-electron chi connectivity index (χ4n) is 3.80. The van der Waals surface area contributed by atoms with Crippen molar-refractivity contribution in [2.24, 2.45) is 5.92 Å². The van der Waals surface area contributed by atoms with Gasteiger partial charge in [0.1, 0.15) is 5.76 Å². The smallest absolute Gasteiger partial charge is 0.226 e. The van der Waals surface area contributed by atoms with Crippen LogP contribution in [-0.2, 0) is 27.2 Å². The van der Waals surface area contributed by atoms with Gasteiger partial charge in [-0.3, -0.25) is 9.69 Å². The number of likely N-dealkylation sites (tertiary alicyclic amines) is 1. The molecule has 1 aromatic heterocycles. The molecule has 0 bridgehead atoms. The minimum absolute atomic E-state index is 0.0404. The molecule has 7 heteroatoms. The van der Waals surface area contributed by atoms with Gasteiger partial charge in [0.15, 0.2) is 6.29 Å². The Labute approximate surface area is 178 Å². The van der Waals surface area contributed by atoms with E-state index in [1.165, 1.54) is 5.56 Å². The Morgan fingerprint density at radius 3 is 2.70 bits per heavy atom. The van der Waals surface area contributed by atoms with Crippen LogP contribution in [0.15, 0.2) is 28.7 Å². The topological polar surface area (TPSA) is 76.8 Å². The monoisotopic (exact) mass is 415 g/mol. The van der Waals surface area contributed by atoms with Gasteiger partial charge in [-0.2, -0.15) is 0 Å². The molecule has 2 heterocycles. The quantitative estimate of drug-likeness (QED) is 0.634. The van der Waals surface area contributed by atoms with E-state index in [1.54, 1.807) is 14.2 Å². The molecule has 0 saturated carbocycles. The number of rotatable bonds is 9. The fraction of sp³-hybridized carbons (Fsp3) is 0.565. The molecule has 1 fully saturated rings. The normalized spacial score (nSPS) is 17.4. The van der Waals surface area contributed by atoms with Crippen molar-refractivity contribution < 1.29 is 18.7 Å². The number of oxazole rings is 1. The molecule has 1 aliphatic heterocycles. The maximum atomic E-state index is 12.6. The van der Waals surface area contributed by atoms with E-state index in [1.807, 2.05) is 6.92 Å². The van der Waals surface area contributed by atoms with E-state index in [0.717, 1.165) is 42.8 Å². The summed E-state index contributed by atoms with van der Waals surface area (Å²) in [6.45, 7) is 6.80. The van der Waals surface area contributed by atoms with Gasteiger partial charge in [0.25, 0.3) is 0 Å². The van der Waals surface area contributed by atoms with Crippen molar-refractivity contribution in [3.05, 3.63) is 41.3 Å². The number of methoxy groups -OCH3 is 2. The van der Waals surface area contributed by atoms with Crippen molar-refractivity contribution >= 4 is 5.91 Å². The van der Waals surface area contributed by atoms with Crippen molar-refractivity contribution in [1.82, 2.24) is 15.2 Å². The molecule has 0 spiro atoms. The predicted octanol–water partition coefficient (Wildman–Crippen LogP) is 3.16. The third-order valence-electron chi connectivity index (χ3n) is 5.72. The highest BCUT2D eigenvalue weighted by Gasteiger charge is 2.27. The van der Waals surface area contributed by atoms with Crippen LogP contribution in [0.4, 0.5) is 0 Å². The van der Waals surface area contributed by atoms with E-state index >= 15 is 0 Å². The van der Waals surface area contributed by atoms with E-state index in [4.69, 9.17) is 18.9 Å². The van der Waals surface area contributed by atoms with Gasteiger partial charge in [-0.25, -0.2) is 4.98 Å². The van der Waals surface area contributed by atoms with E-state index in [0.29, 0.717) is 25.5 Å². The summed E-state index contributed by atoms with van der Waals surface area (Å²) in [6.07, 6.45) is 2.46. The summed E-state index contributed by atoms with van der Waals surface area (Å²) in [7, 11) is 3.13. The van der Waals surface area contributed by atoms with Gasteiger partial charge in [-0.05, 0) is 50.4 Å². The van der Waals surface area contributed by atoms with Crippen LogP contribution in [0.1, 0.15) is 36.8 Å². The first kappa shape index (κ1) is 22.5. The van der Waals surface area contributed by atoms with Crippen LogP contribution in [0.3, 0.4) is 0 Å². The number of ether oxygens (including phenoxy) is 2. The first-order chi connectivity index (χ1) is 14.5. The average molecular weight is 416 g/mol. The summed E-state index contributed by atoms with van der Waals surface area (Å²) < 4.78 is 16.2. The van der Waals surface area contributed by atoms with Gasteiger partial charge in [-0.15, -0.1) is 0 Å². The minimum atomic E-state index is -0.420. The van der Waals surface area contributed by atoms with E-state index < -0.39 is 6.29 Å². The second-order valence-electron chi connectivity index (χ2n) is 7.79. The van der Waals surface area contributed by atoms with Crippen molar-refractivity contribution in [1.29, 1.82) is 0 Å². The Kier molecular flexibility index (Phi) is 8.01. The summed E-state index contributed by atoms with van der Waals surface area (Å²) in [4.78, 5) is 19.6. The fourth-order valence-corrected chi connectivity index (χ4v) is 3.80. The predicted molar refractivity (Wildman–Crippen MR) is 115 cm³/mol. The molecule has 3 rings (SSSR count). The molecule has 1 atom stereocenters. The molecule has 1 aromatic carbocycles. The second kappa shape index (κ2) is 10.7. The molecule has 2 aromatic rings. The summed E-state index contributed by atoms with van der Waals surface area (Å²) in [5, 5.41) is 2.94. The number of hydrogen-bond donors (Lipinski definition) is 1. The second-order valence-corrected chi connectivity index (χ2v) is 7.79. The lowest BCUT2D eigenvalue weighted by molar-refractivity contribution is -0.132. The van der Waals surface area contributed by atoms with Gasteiger partial charge >= 0.3 is 0 Å². The lowest BCUT2D eigenvalue weighted by Crippen LogP contribution is -2.44. The van der Waals surface area contributed by atoms with Crippen LogP contribution >= 0.6 is 0 Å². The van der Waals surface area contributed by atoms with Gasteiger partial charge in [0, 0.05) is 32.9 Å². The van der Waals surface area contributed by atoms with Crippen LogP contribution in [0, 0.1) is 12.8 Å². The molecule has 1 amide bonds. The Bertz CT molecular complexity index is 814. The highest BCUT2D eigenvalue weighted by atomic mass is 16.7. The highest BCUT2D eigenvalue weighted by molar-refractivity contribution is 5.79. The van der Waals surface area contributed by atoms with E-state index in [9.17, 15) is 4.79 Å². The first-order valence-electron chi connectivity index (χ1n) is 10.6. The number of aromatic nitrogens is 1. The first-order valence-corrected chi connectivity index (χ1v) is 10.6.